The van der Waals surface area contributed by atoms with Gasteiger partial charge >= 0.3 is 0 Å². The number of hydrogen-bond donors (Lipinski definition) is 1. The van der Waals surface area contributed by atoms with Gasteiger partial charge in [0.2, 0.25) is 0 Å². The van der Waals surface area contributed by atoms with Crippen LogP contribution in [0, 0.1) is 11.8 Å². The highest BCUT2D eigenvalue weighted by Crippen LogP contribution is 2.50. The maximum Gasteiger partial charge on any atom is 0.0143 e. The second kappa shape index (κ2) is 3.05. The summed E-state index contributed by atoms with van der Waals surface area (Å²) in [6, 6.07) is 0.520. The maximum absolute atomic E-state index is 5.95. The summed E-state index contributed by atoms with van der Waals surface area (Å²) in [6.07, 6.45) is 6.32. The molecule has 62 valence electrons. The van der Waals surface area contributed by atoms with Crippen molar-refractivity contribution in [1.82, 2.24) is 0 Å². The Kier molecular flexibility index (Phi) is 2.23. The van der Waals surface area contributed by atoms with Gasteiger partial charge in [0.1, 0.15) is 0 Å². The summed E-state index contributed by atoms with van der Waals surface area (Å²) in [6.45, 7) is 0. The van der Waals surface area contributed by atoms with Crippen LogP contribution < -0.4 is 5.73 Å². The summed E-state index contributed by atoms with van der Waals surface area (Å²) < 4.78 is 1.25. The van der Waals surface area contributed by atoms with E-state index in [4.69, 9.17) is 5.73 Å². The lowest BCUT2D eigenvalue weighted by Gasteiger charge is -2.09. The van der Waals surface area contributed by atoms with E-state index < -0.39 is 0 Å². The van der Waals surface area contributed by atoms with Crippen molar-refractivity contribution in [2.24, 2.45) is 17.6 Å². The molecule has 0 radical (unpaired) electrons. The highest BCUT2D eigenvalue weighted by molar-refractivity contribution is 14.1. The van der Waals surface area contributed by atoms with Crippen LogP contribution in [-0.2, 0) is 0 Å². The number of fused-ring (bicyclic) bond motifs is 1. The van der Waals surface area contributed by atoms with Crippen molar-refractivity contribution in [2.75, 3.05) is 4.43 Å². The Morgan fingerprint density at radius 3 is 3.18 bits per heavy atom. The number of alkyl halides is 1. The van der Waals surface area contributed by atoms with Crippen molar-refractivity contribution in [3.63, 3.8) is 0 Å². The van der Waals surface area contributed by atoms with Crippen molar-refractivity contribution < 1.29 is 0 Å². The van der Waals surface area contributed by atoms with Crippen LogP contribution in [0.4, 0.5) is 0 Å². The third-order valence-electron chi connectivity index (χ3n) is 2.95. The Morgan fingerprint density at radius 2 is 2.45 bits per heavy atom. The van der Waals surface area contributed by atoms with Crippen LogP contribution in [0.5, 0.6) is 0 Å². The zero-order valence-electron chi connectivity index (χ0n) is 6.59. The molecule has 0 saturated heterocycles. The summed E-state index contributed by atoms with van der Waals surface area (Å²) >= 11 is 2.44. The van der Waals surface area contributed by atoms with Crippen molar-refractivity contribution in [1.29, 1.82) is 0 Å². The van der Waals surface area contributed by atoms with E-state index in [1.54, 1.807) is 5.57 Å². The summed E-state index contributed by atoms with van der Waals surface area (Å²) in [5.41, 5.74) is 7.60. The molecule has 1 saturated carbocycles. The van der Waals surface area contributed by atoms with Crippen LogP contribution in [0.3, 0.4) is 0 Å². The van der Waals surface area contributed by atoms with Gasteiger partial charge < -0.3 is 5.73 Å². The monoisotopic (exact) mass is 263 g/mol. The maximum atomic E-state index is 5.95. The van der Waals surface area contributed by atoms with E-state index in [0.717, 1.165) is 11.8 Å². The quantitative estimate of drug-likeness (QED) is 0.461. The fraction of sp³-hybridized carbons (Fsp3) is 0.778. The molecule has 2 heteroatoms. The number of rotatable bonds is 2. The molecular formula is C9H14IN. The topological polar surface area (TPSA) is 26.0 Å². The van der Waals surface area contributed by atoms with E-state index in [1.165, 1.54) is 23.7 Å². The lowest BCUT2D eigenvalue weighted by molar-refractivity contribution is 0.645. The molecule has 1 unspecified atom stereocenters. The molecule has 0 heterocycles. The van der Waals surface area contributed by atoms with E-state index in [-0.39, 0.29) is 0 Å². The third-order valence-corrected chi connectivity index (χ3v) is 3.49. The molecule has 0 amide bonds. The van der Waals surface area contributed by atoms with Crippen molar-refractivity contribution >= 4 is 22.6 Å². The lowest BCUT2D eigenvalue weighted by Crippen LogP contribution is -2.03. The van der Waals surface area contributed by atoms with E-state index in [2.05, 4.69) is 28.7 Å². The van der Waals surface area contributed by atoms with Gasteiger partial charge in [0.05, 0.1) is 0 Å². The normalized spacial score (nSPS) is 41.3. The number of allylic oxidation sites excluding steroid dienone is 1. The number of halogens is 1. The van der Waals surface area contributed by atoms with Gasteiger partial charge in [-0.15, -0.1) is 0 Å². The molecule has 3 atom stereocenters. The van der Waals surface area contributed by atoms with Gasteiger partial charge in [-0.1, -0.05) is 34.2 Å². The number of nitrogens with two attached hydrogens (primary N) is 1. The molecule has 2 aliphatic rings. The molecule has 2 rings (SSSR count). The predicted octanol–water partition coefficient (Wildman–Crippen LogP) is 2.11. The van der Waals surface area contributed by atoms with Crippen molar-refractivity contribution in [3.05, 3.63) is 11.6 Å². The molecule has 0 aromatic carbocycles. The van der Waals surface area contributed by atoms with Gasteiger partial charge in [0, 0.05) is 10.5 Å². The van der Waals surface area contributed by atoms with E-state index in [9.17, 15) is 0 Å². The van der Waals surface area contributed by atoms with Crippen LogP contribution in [0.1, 0.15) is 19.3 Å². The van der Waals surface area contributed by atoms with Gasteiger partial charge in [-0.2, -0.15) is 0 Å². The standard InChI is InChI=1S/C9H14IN/c10-5-4-6-2-1-3-7-8(6)9(7)11/h2,7-9H,1,3-5,11H2/t7-,8+,9?/m1/s1. The molecule has 2 N–H and O–H groups in total. The Bertz CT molecular complexity index is 188. The minimum Gasteiger partial charge on any atom is -0.327 e. The first-order chi connectivity index (χ1) is 5.34. The van der Waals surface area contributed by atoms with Gasteiger partial charge in [0.15, 0.2) is 0 Å². The minimum atomic E-state index is 0.520. The highest BCUT2D eigenvalue weighted by atomic mass is 127. The minimum absolute atomic E-state index is 0.520. The Balaban J connectivity index is 2.02. The Labute approximate surface area is 81.6 Å². The molecule has 11 heavy (non-hydrogen) atoms. The lowest BCUT2D eigenvalue weighted by atomic mass is 9.98. The summed E-state index contributed by atoms with van der Waals surface area (Å²) in [4.78, 5) is 0. The zero-order chi connectivity index (χ0) is 7.84. The summed E-state index contributed by atoms with van der Waals surface area (Å²) in [5, 5.41) is 0. The number of hydrogen-bond acceptors (Lipinski definition) is 1. The third kappa shape index (κ3) is 1.35. The SMILES string of the molecule is NC1[C@H]2C(CCI)=CCC[C@@H]12. The molecule has 0 aliphatic heterocycles. The first-order valence-corrected chi connectivity index (χ1v) is 5.87. The zero-order valence-corrected chi connectivity index (χ0v) is 8.75. The molecule has 0 bridgehead atoms. The van der Waals surface area contributed by atoms with E-state index >= 15 is 0 Å². The second-order valence-electron chi connectivity index (χ2n) is 3.56. The Hall–Kier alpha value is 0.430. The molecule has 1 nitrogen and oxygen atoms in total. The van der Waals surface area contributed by atoms with Crippen LogP contribution in [0.2, 0.25) is 0 Å². The molecule has 2 aliphatic carbocycles. The molecule has 0 aromatic rings. The van der Waals surface area contributed by atoms with Crippen LogP contribution in [-0.4, -0.2) is 10.5 Å². The van der Waals surface area contributed by atoms with Crippen molar-refractivity contribution in [2.45, 2.75) is 25.3 Å². The van der Waals surface area contributed by atoms with Gasteiger partial charge in [-0.25, -0.2) is 0 Å². The van der Waals surface area contributed by atoms with Crippen LogP contribution in [0.15, 0.2) is 11.6 Å². The molecule has 1 fully saturated rings. The predicted molar refractivity (Wildman–Crippen MR) is 55.8 cm³/mol. The summed E-state index contributed by atoms with van der Waals surface area (Å²) in [7, 11) is 0. The van der Waals surface area contributed by atoms with Crippen molar-refractivity contribution in [3.8, 4) is 0 Å². The van der Waals surface area contributed by atoms with E-state index in [0.29, 0.717) is 6.04 Å². The Morgan fingerprint density at radius 1 is 1.64 bits per heavy atom. The smallest absolute Gasteiger partial charge is 0.0143 e. The van der Waals surface area contributed by atoms with Crippen LogP contribution in [0.25, 0.3) is 0 Å². The first kappa shape index (κ1) is 8.05. The van der Waals surface area contributed by atoms with Gasteiger partial charge in [-0.05, 0) is 31.1 Å². The first-order valence-electron chi connectivity index (χ1n) is 4.35. The fourth-order valence-corrected chi connectivity index (χ4v) is 2.89. The van der Waals surface area contributed by atoms with Gasteiger partial charge in [0.25, 0.3) is 0 Å². The molecular weight excluding hydrogens is 249 g/mol. The largest absolute Gasteiger partial charge is 0.327 e. The second-order valence-corrected chi connectivity index (χ2v) is 4.64. The molecule has 0 spiro atoms. The fourth-order valence-electron chi connectivity index (χ4n) is 2.27. The highest BCUT2D eigenvalue weighted by Gasteiger charge is 2.49. The van der Waals surface area contributed by atoms with E-state index in [1.807, 2.05) is 0 Å². The average Bonchev–Trinajstić information content (AvgIpc) is 2.65. The molecule has 0 aromatic heterocycles. The summed E-state index contributed by atoms with van der Waals surface area (Å²) in [5.74, 6) is 1.65. The van der Waals surface area contributed by atoms with Gasteiger partial charge in [-0.3, -0.25) is 0 Å². The van der Waals surface area contributed by atoms with Crippen LogP contribution >= 0.6 is 22.6 Å². The average molecular weight is 263 g/mol.